The highest BCUT2D eigenvalue weighted by Crippen LogP contribution is 2.42. The van der Waals surface area contributed by atoms with Crippen molar-refractivity contribution in [2.45, 2.75) is 96.9 Å². The van der Waals surface area contributed by atoms with Gasteiger partial charge in [-0.3, -0.25) is 14.7 Å². The molecule has 1 atom stereocenters. The fourth-order valence-electron chi connectivity index (χ4n) is 8.01. The van der Waals surface area contributed by atoms with Gasteiger partial charge in [0, 0.05) is 80.8 Å². The van der Waals surface area contributed by atoms with E-state index in [4.69, 9.17) is 9.47 Å². The number of hydrogen-bond donors (Lipinski definition) is 1. The van der Waals surface area contributed by atoms with Crippen molar-refractivity contribution in [2.24, 2.45) is 11.3 Å². The first kappa shape index (κ1) is 35.8. The molecular formula is C41H54N6O5. The second-order valence-corrected chi connectivity index (χ2v) is 16.9. The highest BCUT2D eigenvalue weighted by Gasteiger charge is 2.50. The Bertz CT molecular complexity index is 1730. The molecule has 1 spiro atoms. The topological polar surface area (TPSA) is 111 Å². The summed E-state index contributed by atoms with van der Waals surface area (Å²) >= 11 is 0. The first-order valence-electron chi connectivity index (χ1n) is 19.0. The third-order valence-corrected chi connectivity index (χ3v) is 11.1. The lowest BCUT2D eigenvalue weighted by atomic mass is 9.71. The Kier molecular flexibility index (Phi) is 9.73. The molecule has 1 aromatic heterocycles. The van der Waals surface area contributed by atoms with Gasteiger partial charge >= 0.3 is 6.09 Å². The van der Waals surface area contributed by atoms with E-state index in [1.165, 1.54) is 0 Å². The quantitative estimate of drug-likeness (QED) is 0.270. The Morgan fingerprint density at radius 3 is 2.31 bits per heavy atom. The number of amides is 3. The number of ether oxygens (including phenoxy) is 2. The summed E-state index contributed by atoms with van der Waals surface area (Å²) in [6, 6.07) is 16.7. The SMILES string of the molecule is CC(C)(C)OC(=O)N1CCC2(CC1)CN(C(=O)C(C)(C)Oc1cccc(N3CCC[C@@H](C(=O)N(Cc4ccc(-c5cn[nH]c5)cc4)C4CC4)C3)c1)C2. The number of nitrogens with zero attached hydrogens (tertiary/aromatic N) is 5. The summed E-state index contributed by atoms with van der Waals surface area (Å²) in [6.07, 6.45) is 9.10. The summed E-state index contributed by atoms with van der Waals surface area (Å²) in [5, 5.41) is 6.92. The van der Waals surface area contributed by atoms with Crippen LogP contribution >= 0.6 is 0 Å². The zero-order chi connectivity index (χ0) is 36.7. The minimum absolute atomic E-state index is 0.0296. The zero-order valence-electron chi connectivity index (χ0n) is 31.4. The Hall–Kier alpha value is -4.54. The fourth-order valence-corrected chi connectivity index (χ4v) is 8.01. The number of anilines is 1. The van der Waals surface area contributed by atoms with Gasteiger partial charge in [0.25, 0.3) is 5.91 Å². The third-order valence-electron chi connectivity index (χ3n) is 11.1. The number of benzene rings is 2. The lowest BCUT2D eigenvalue weighted by molar-refractivity contribution is -0.161. The Balaban J connectivity index is 0.928. The van der Waals surface area contributed by atoms with Crippen LogP contribution in [0.2, 0.25) is 0 Å². The molecule has 11 nitrogen and oxygen atoms in total. The Morgan fingerprint density at radius 2 is 1.65 bits per heavy atom. The van der Waals surface area contributed by atoms with Crippen molar-refractivity contribution in [1.82, 2.24) is 24.9 Å². The molecule has 278 valence electrons. The molecule has 3 amide bonds. The minimum atomic E-state index is -1.04. The molecular weight excluding hydrogens is 656 g/mol. The van der Waals surface area contributed by atoms with E-state index in [2.05, 4.69) is 50.3 Å². The highest BCUT2D eigenvalue weighted by molar-refractivity contribution is 5.86. The maximum Gasteiger partial charge on any atom is 0.410 e. The molecule has 0 unspecified atom stereocenters. The largest absolute Gasteiger partial charge is 0.478 e. The van der Waals surface area contributed by atoms with Gasteiger partial charge in [0.05, 0.1) is 12.1 Å². The van der Waals surface area contributed by atoms with E-state index in [0.29, 0.717) is 51.1 Å². The minimum Gasteiger partial charge on any atom is -0.478 e. The average molecular weight is 711 g/mol. The van der Waals surface area contributed by atoms with E-state index in [1.54, 1.807) is 4.90 Å². The van der Waals surface area contributed by atoms with Gasteiger partial charge in [-0.25, -0.2) is 4.79 Å². The summed E-state index contributed by atoms with van der Waals surface area (Å²) in [7, 11) is 0. The first-order chi connectivity index (χ1) is 24.8. The summed E-state index contributed by atoms with van der Waals surface area (Å²) < 4.78 is 12.0. The van der Waals surface area contributed by atoms with Gasteiger partial charge < -0.3 is 29.1 Å². The Morgan fingerprint density at radius 1 is 0.923 bits per heavy atom. The van der Waals surface area contributed by atoms with Crippen LogP contribution in [0.5, 0.6) is 5.75 Å². The molecule has 1 saturated carbocycles. The molecule has 3 saturated heterocycles. The predicted molar refractivity (Wildman–Crippen MR) is 200 cm³/mol. The van der Waals surface area contributed by atoms with Gasteiger partial charge in [0.1, 0.15) is 11.4 Å². The van der Waals surface area contributed by atoms with Gasteiger partial charge in [0.15, 0.2) is 5.60 Å². The number of carbonyl (C=O) groups excluding carboxylic acids is 3. The van der Waals surface area contributed by atoms with Crippen molar-refractivity contribution in [2.75, 3.05) is 44.2 Å². The monoisotopic (exact) mass is 710 g/mol. The Labute approximate surface area is 307 Å². The number of likely N-dealkylation sites (tertiary alicyclic amines) is 2. The highest BCUT2D eigenvalue weighted by atomic mass is 16.6. The summed E-state index contributed by atoms with van der Waals surface area (Å²) in [5.41, 5.74) is 2.79. The number of piperidine rings is 2. The number of aromatic amines is 1. The molecule has 3 aliphatic heterocycles. The number of H-pyrrole nitrogens is 1. The van der Waals surface area contributed by atoms with E-state index < -0.39 is 11.2 Å². The van der Waals surface area contributed by atoms with E-state index in [9.17, 15) is 14.4 Å². The lowest BCUT2D eigenvalue weighted by Crippen LogP contribution is -2.65. The normalized spacial score (nSPS) is 20.3. The average Bonchev–Trinajstić information content (AvgIpc) is 3.80. The number of aromatic nitrogens is 2. The molecule has 1 aliphatic carbocycles. The van der Waals surface area contributed by atoms with Crippen molar-refractivity contribution in [3.05, 3.63) is 66.5 Å². The zero-order valence-corrected chi connectivity index (χ0v) is 31.4. The summed E-state index contributed by atoms with van der Waals surface area (Å²) in [6.45, 7) is 14.1. The van der Waals surface area contributed by atoms with Crippen LogP contribution in [-0.2, 0) is 20.9 Å². The molecule has 3 aromatic rings. The third kappa shape index (κ3) is 8.08. The van der Waals surface area contributed by atoms with Crippen LogP contribution in [0.15, 0.2) is 60.9 Å². The molecule has 0 radical (unpaired) electrons. The maximum absolute atomic E-state index is 14.0. The van der Waals surface area contributed by atoms with Crippen LogP contribution in [0, 0.1) is 11.3 Å². The van der Waals surface area contributed by atoms with Crippen LogP contribution in [0.25, 0.3) is 11.1 Å². The number of rotatable bonds is 9. The van der Waals surface area contributed by atoms with Crippen molar-refractivity contribution in [3.8, 4) is 16.9 Å². The van der Waals surface area contributed by atoms with Crippen LogP contribution in [0.4, 0.5) is 10.5 Å². The molecule has 11 heteroatoms. The number of carbonyl (C=O) groups is 3. The second kappa shape index (κ2) is 14.1. The maximum atomic E-state index is 14.0. The smallest absolute Gasteiger partial charge is 0.410 e. The molecule has 4 fully saturated rings. The molecule has 7 rings (SSSR count). The van der Waals surface area contributed by atoms with Crippen LogP contribution in [0.3, 0.4) is 0 Å². The number of hydrogen-bond acceptors (Lipinski definition) is 7. The van der Waals surface area contributed by atoms with Gasteiger partial charge in [-0.1, -0.05) is 30.3 Å². The lowest BCUT2D eigenvalue weighted by Gasteiger charge is -2.55. The molecule has 1 N–H and O–H groups in total. The van der Waals surface area contributed by atoms with E-state index in [0.717, 1.165) is 67.4 Å². The van der Waals surface area contributed by atoms with Gasteiger partial charge in [-0.2, -0.15) is 5.10 Å². The predicted octanol–water partition coefficient (Wildman–Crippen LogP) is 6.50. The molecule has 4 heterocycles. The van der Waals surface area contributed by atoms with E-state index in [-0.39, 0.29) is 29.2 Å². The molecule has 52 heavy (non-hydrogen) atoms. The van der Waals surface area contributed by atoms with Crippen molar-refractivity contribution in [1.29, 1.82) is 0 Å². The van der Waals surface area contributed by atoms with Crippen molar-refractivity contribution < 1.29 is 23.9 Å². The second-order valence-electron chi connectivity index (χ2n) is 16.9. The molecule has 0 bridgehead atoms. The van der Waals surface area contributed by atoms with Gasteiger partial charge in [-0.05, 0) is 96.4 Å². The van der Waals surface area contributed by atoms with Crippen molar-refractivity contribution in [3.63, 3.8) is 0 Å². The van der Waals surface area contributed by atoms with Gasteiger partial charge in [-0.15, -0.1) is 0 Å². The molecule has 2 aromatic carbocycles. The van der Waals surface area contributed by atoms with E-state index >= 15 is 0 Å². The fraction of sp³-hybridized carbons (Fsp3) is 0.561. The first-order valence-corrected chi connectivity index (χ1v) is 19.0. The summed E-state index contributed by atoms with van der Waals surface area (Å²) in [4.78, 5) is 48.4. The van der Waals surface area contributed by atoms with Crippen molar-refractivity contribution >= 4 is 23.6 Å². The summed E-state index contributed by atoms with van der Waals surface area (Å²) in [5.74, 6) is 0.784. The van der Waals surface area contributed by atoms with E-state index in [1.807, 2.05) is 70.1 Å². The van der Waals surface area contributed by atoms with Gasteiger partial charge in [0.2, 0.25) is 5.91 Å². The standard InChI is InChI=1S/C41H54N6O5/c1-39(2,3)52-38(50)44-20-17-41(18-21-44)27-46(28-41)37(49)40(4,5)51-35-10-6-9-34(22-35)45-19-7-8-31(26-45)36(48)47(33-15-16-33)25-29-11-13-30(14-12-29)32-23-42-43-24-32/h6,9-14,22-24,31,33H,7-8,15-21,25-28H2,1-5H3,(H,42,43)/t31-/m1/s1. The molecule has 4 aliphatic rings. The van der Waals surface area contributed by atoms with Crippen LogP contribution in [-0.4, -0.2) is 99.3 Å². The van der Waals surface area contributed by atoms with Crippen LogP contribution in [0.1, 0.15) is 78.7 Å². The van der Waals surface area contributed by atoms with Crippen LogP contribution < -0.4 is 9.64 Å². The number of nitrogens with one attached hydrogen (secondary N) is 1.